The Kier molecular flexibility index (Phi) is 13.5. The van der Waals surface area contributed by atoms with Crippen LogP contribution in [0.1, 0.15) is 26.7 Å². The number of carboxylic acids is 2. The number of aliphatic carboxylic acids is 2. The van der Waals surface area contributed by atoms with E-state index in [4.69, 9.17) is 15.9 Å². The van der Waals surface area contributed by atoms with Gasteiger partial charge in [0.25, 0.3) is 0 Å². The van der Waals surface area contributed by atoms with Gasteiger partial charge in [0.05, 0.1) is 6.04 Å². The van der Waals surface area contributed by atoms with Crippen molar-refractivity contribution in [1.82, 2.24) is 16.0 Å². The number of Topliss-reactive ketones (excluding diaryl/α,β-unsaturated/α-hetero) is 2. The Hall–Kier alpha value is -2.32. The van der Waals surface area contributed by atoms with Crippen LogP contribution in [0.3, 0.4) is 0 Å². The molecule has 0 saturated heterocycles. The lowest BCUT2D eigenvalue weighted by atomic mass is 10.1. The van der Waals surface area contributed by atoms with Gasteiger partial charge in [-0.15, -0.1) is 0 Å². The molecular weight excluding hydrogens is 440 g/mol. The second-order valence-electron chi connectivity index (χ2n) is 6.18. The second-order valence-corrected chi connectivity index (χ2v) is 8.73. The lowest BCUT2D eigenvalue weighted by molar-refractivity contribution is -0.140. The standard InChI is InChI=1S/C16H26N4O8S2/c1-8(21)3-4-13(23)11(20-16(28)18-5-10(17)14(24)25)6-29-30-7-12(15(26)27)19-9(2)22/h10-12H,3-7,17H2,1-2H3,(H,19,22)(H,24,25)(H,26,27)(H2,18,20,28)/t10-,11-,12-/m0/s1. The van der Waals surface area contributed by atoms with E-state index in [2.05, 4.69) is 16.0 Å². The van der Waals surface area contributed by atoms with Gasteiger partial charge in [0.15, 0.2) is 5.78 Å². The highest BCUT2D eigenvalue weighted by Gasteiger charge is 2.23. The van der Waals surface area contributed by atoms with E-state index in [1.54, 1.807) is 0 Å². The molecule has 7 N–H and O–H groups in total. The van der Waals surface area contributed by atoms with Gasteiger partial charge in [-0.25, -0.2) is 9.59 Å². The molecule has 12 nitrogen and oxygen atoms in total. The summed E-state index contributed by atoms with van der Waals surface area (Å²) in [4.78, 5) is 68.2. The number of rotatable bonds is 15. The monoisotopic (exact) mass is 466 g/mol. The van der Waals surface area contributed by atoms with Crippen LogP contribution in [0.4, 0.5) is 4.79 Å². The predicted molar refractivity (Wildman–Crippen MR) is 111 cm³/mol. The van der Waals surface area contributed by atoms with Crippen LogP contribution in [-0.4, -0.2) is 81.8 Å². The van der Waals surface area contributed by atoms with Crippen molar-refractivity contribution in [3.8, 4) is 0 Å². The third-order valence-electron chi connectivity index (χ3n) is 3.45. The van der Waals surface area contributed by atoms with Crippen molar-refractivity contribution in [2.45, 2.75) is 44.8 Å². The summed E-state index contributed by atoms with van der Waals surface area (Å²) in [7, 11) is 2.19. The number of carbonyl (C=O) groups is 6. The summed E-state index contributed by atoms with van der Waals surface area (Å²) < 4.78 is 0. The summed E-state index contributed by atoms with van der Waals surface area (Å²) >= 11 is 0. The fourth-order valence-electron chi connectivity index (χ4n) is 1.84. The zero-order valence-corrected chi connectivity index (χ0v) is 18.1. The Morgan fingerprint density at radius 3 is 1.90 bits per heavy atom. The number of carbonyl (C=O) groups excluding carboxylic acids is 4. The molecule has 0 aliphatic carbocycles. The van der Waals surface area contributed by atoms with Gasteiger partial charge < -0.3 is 36.7 Å². The van der Waals surface area contributed by atoms with Gasteiger partial charge in [-0.3, -0.25) is 14.4 Å². The first-order valence-electron chi connectivity index (χ1n) is 8.73. The van der Waals surface area contributed by atoms with Crippen LogP contribution in [0.15, 0.2) is 0 Å². The quantitative estimate of drug-likeness (QED) is 0.127. The van der Waals surface area contributed by atoms with Crippen molar-refractivity contribution >= 4 is 57.0 Å². The zero-order chi connectivity index (χ0) is 23.3. The van der Waals surface area contributed by atoms with E-state index in [1.165, 1.54) is 13.8 Å². The highest BCUT2D eigenvalue weighted by Crippen LogP contribution is 2.23. The first-order chi connectivity index (χ1) is 13.9. The maximum absolute atomic E-state index is 12.3. The second kappa shape index (κ2) is 14.6. The number of hydrogen-bond donors (Lipinski definition) is 6. The smallest absolute Gasteiger partial charge is 0.327 e. The Bertz CT molecular complexity index is 661. The van der Waals surface area contributed by atoms with Crippen molar-refractivity contribution in [2.75, 3.05) is 18.1 Å². The summed E-state index contributed by atoms with van der Waals surface area (Å²) in [5, 5.41) is 24.7. The van der Waals surface area contributed by atoms with Crippen molar-refractivity contribution in [3.63, 3.8) is 0 Å². The van der Waals surface area contributed by atoms with E-state index in [0.717, 1.165) is 21.6 Å². The molecule has 0 heterocycles. The molecule has 0 aromatic carbocycles. The Morgan fingerprint density at radius 1 is 0.867 bits per heavy atom. The fraction of sp³-hybridized carbons (Fsp3) is 0.625. The Balaban J connectivity index is 4.76. The Morgan fingerprint density at radius 2 is 1.43 bits per heavy atom. The summed E-state index contributed by atoms with van der Waals surface area (Å²) in [5.74, 6) is -3.53. The van der Waals surface area contributed by atoms with E-state index in [0.29, 0.717) is 0 Å². The number of ketones is 2. The van der Waals surface area contributed by atoms with Crippen LogP contribution < -0.4 is 21.7 Å². The molecule has 0 radical (unpaired) electrons. The predicted octanol–water partition coefficient (Wildman–Crippen LogP) is -1.02. The molecule has 30 heavy (non-hydrogen) atoms. The van der Waals surface area contributed by atoms with Crippen molar-refractivity contribution in [2.24, 2.45) is 5.73 Å². The highest BCUT2D eigenvalue weighted by molar-refractivity contribution is 8.76. The molecule has 0 bridgehead atoms. The van der Waals surface area contributed by atoms with Gasteiger partial charge in [0, 0.05) is 37.8 Å². The first kappa shape index (κ1) is 27.7. The maximum atomic E-state index is 12.3. The van der Waals surface area contributed by atoms with Gasteiger partial charge in [-0.1, -0.05) is 21.6 Å². The van der Waals surface area contributed by atoms with Crippen molar-refractivity contribution < 1.29 is 39.0 Å². The normalized spacial score (nSPS) is 13.4. The number of amides is 3. The minimum Gasteiger partial charge on any atom is -0.480 e. The molecule has 0 saturated carbocycles. The minimum atomic E-state index is -1.31. The van der Waals surface area contributed by atoms with Gasteiger partial charge in [0.2, 0.25) is 5.91 Å². The molecule has 0 unspecified atom stereocenters. The number of nitrogens with two attached hydrogens (primary N) is 1. The molecule has 0 aromatic rings. The third kappa shape index (κ3) is 13.0. The summed E-state index contributed by atoms with van der Waals surface area (Å²) in [6.45, 7) is 2.17. The molecule has 0 aromatic heterocycles. The molecule has 0 aliphatic heterocycles. The molecule has 170 valence electrons. The lowest BCUT2D eigenvalue weighted by Gasteiger charge is -2.19. The first-order valence-corrected chi connectivity index (χ1v) is 11.2. The van der Waals surface area contributed by atoms with E-state index in [1.807, 2.05) is 0 Å². The summed E-state index contributed by atoms with van der Waals surface area (Å²) in [6, 6.07) is -4.22. The van der Waals surface area contributed by atoms with Crippen LogP contribution in [0, 0.1) is 0 Å². The van der Waals surface area contributed by atoms with Gasteiger partial charge in [-0.05, 0) is 6.92 Å². The minimum absolute atomic E-state index is 0.00392. The van der Waals surface area contributed by atoms with Crippen LogP contribution in [0.25, 0.3) is 0 Å². The van der Waals surface area contributed by atoms with Crippen LogP contribution >= 0.6 is 21.6 Å². The van der Waals surface area contributed by atoms with E-state index >= 15 is 0 Å². The molecule has 0 spiro atoms. The number of hydrogen-bond acceptors (Lipinski definition) is 9. The number of carboxylic acid groups (broad SMARTS) is 2. The average Bonchev–Trinajstić information content (AvgIpc) is 2.64. The lowest BCUT2D eigenvalue weighted by Crippen LogP contribution is -2.51. The van der Waals surface area contributed by atoms with Crippen LogP contribution in [0.2, 0.25) is 0 Å². The maximum Gasteiger partial charge on any atom is 0.327 e. The summed E-state index contributed by atoms with van der Waals surface area (Å²) in [5.41, 5.74) is 5.29. The van der Waals surface area contributed by atoms with Gasteiger partial charge in [0.1, 0.15) is 17.9 Å². The molecule has 14 heteroatoms. The number of urea groups is 1. The topological polar surface area (TPSA) is 205 Å². The fourth-order valence-corrected chi connectivity index (χ4v) is 4.19. The van der Waals surface area contributed by atoms with Crippen LogP contribution in [-0.2, 0) is 24.0 Å². The third-order valence-corrected chi connectivity index (χ3v) is 5.87. The molecule has 0 aliphatic rings. The molecular formula is C16H26N4O8S2. The highest BCUT2D eigenvalue weighted by atomic mass is 33.1. The average molecular weight is 467 g/mol. The Labute approximate surface area is 180 Å². The van der Waals surface area contributed by atoms with Crippen LogP contribution in [0.5, 0.6) is 0 Å². The largest absolute Gasteiger partial charge is 0.480 e. The van der Waals surface area contributed by atoms with Crippen molar-refractivity contribution in [3.05, 3.63) is 0 Å². The van der Waals surface area contributed by atoms with E-state index in [9.17, 15) is 28.8 Å². The van der Waals surface area contributed by atoms with Gasteiger partial charge in [-0.2, -0.15) is 0 Å². The van der Waals surface area contributed by atoms with E-state index in [-0.39, 0.29) is 36.7 Å². The number of nitrogens with one attached hydrogen (secondary N) is 3. The van der Waals surface area contributed by atoms with Crippen molar-refractivity contribution in [1.29, 1.82) is 0 Å². The molecule has 0 rings (SSSR count). The van der Waals surface area contributed by atoms with Gasteiger partial charge >= 0.3 is 18.0 Å². The molecule has 0 fully saturated rings. The SMILES string of the molecule is CC(=O)CCC(=O)[C@H](CSSC[C@H](NC(C)=O)C(=O)O)NC(=O)NC[C@H](N)C(=O)O. The molecule has 3 atom stereocenters. The summed E-state index contributed by atoms with van der Waals surface area (Å²) in [6.07, 6.45) is -0.0895. The zero-order valence-electron chi connectivity index (χ0n) is 16.5. The van der Waals surface area contributed by atoms with E-state index < -0.39 is 47.8 Å². The molecule has 3 amide bonds.